The molecule has 32 heavy (non-hydrogen) atoms. The van der Waals surface area contributed by atoms with E-state index >= 15 is 0 Å². The van der Waals surface area contributed by atoms with E-state index in [2.05, 4.69) is 9.98 Å². The van der Waals surface area contributed by atoms with Gasteiger partial charge >= 0.3 is 0 Å². The van der Waals surface area contributed by atoms with Gasteiger partial charge in [-0.3, -0.25) is 9.79 Å². The second-order valence-corrected chi connectivity index (χ2v) is 7.82. The maximum absolute atomic E-state index is 12.7. The van der Waals surface area contributed by atoms with E-state index in [0.29, 0.717) is 37.1 Å². The number of aliphatic imine (C=N–C) groups is 1. The van der Waals surface area contributed by atoms with Crippen LogP contribution in [0.4, 0.5) is 0 Å². The van der Waals surface area contributed by atoms with Crippen molar-refractivity contribution >= 4 is 24.0 Å². The number of hydrogen-bond donors (Lipinski definition) is 1. The summed E-state index contributed by atoms with van der Waals surface area (Å²) in [5, 5.41) is 0. The molecule has 1 aliphatic heterocycles. The highest BCUT2D eigenvalue weighted by Gasteiger charge is 2.30. The minimum Gasteiger partial charge on any atom is -0.487 e. The molecule has 6 nitrogen and oxygen atoms in total. The molecule has 1 aromatic heterocycles. The van der Waals surface area contributed by atoms with Crippen molar-refractivity contribution in [1.29, 1.82) is 0 Å². The van der Waals surface area contributed by atoms with E-state index in [1.807, 2.05) is 61.5 Å². The molecule has 0 bridgehead atoms. The van der Waals surface area contributed by atoms with Crippen LogP contribution < -0.4 is 10.5 Å². The summed E-state index contributed by atoms with van der Waals surface area (Å²) in [7, 11) is 0. The van der Waals surface area contributed by atoms with Crippen LogP contribution >= 0.6 is 12.4 Å². The summed E-state index contributed by atoms with van der Waals surface area (Å²) >= 11 is 0. The van der Waals surface area contributed by atoms with Gasteiger partial charge in [-0.1, -0.05) is 54.6 Å². The smallest absolute Gasteiger partial charge is 0.185 e. The second-order valence-electron chi connectivity index (χ2n) is 7.82. The zero-order valence-electron chi connectivity index (χ0n) is 17.9. The lowest BCUT2D eigenvalue weighted by molar-refractivity contribution is 0.0987. The Morgan fingerprint density at radius 1 is 1.09 bits per heavy atom. The predicted octanol–water partition coefficient (Wildman–Crippen LogP) is 4.11. The van der Waals surface area contributed by atoms with Crippen molar-refractivity contribution in [3.05, 3.63) is 95.3 Å². The van der Waals surface area contributed by atoms with Crippen LogP contribution in [0.1, 0.15) is 34.1 Å². The molecule has 4 rings (SSSR count). The number of ether oxygens (including phenoxy) is 2. The average molecular weight is 452 g/mol. The number of amidine groups is 1. The summed E-state index contributed by atoms with van der Waals surface area (Å²) in [6, 6.07) is 21.2. The quantitative estimate of drug-likeness (QED) is 0.546. The Balaban J connectivity index is 0.00000289. The average Bonchev–Trinajstić information content (AvgIpc) is 2.79. The van der Waals surface area contributed by atoms with Gasteiger partial charge in [0.2, 0.25) is 0 Å². The number of ketones is 1. The molecule has 2 N–H and O–H groups in total. The molecule has 0 amide bonds. The van der Waals surface area contributed by atoms with E-state index in [0.717, 1.165) is 16.7 Å². The molecule has 3 aromatic rings. The van der Waals surface area contributed by atoms with Crippen molar-refractivity contribution in [1.82, 2.24) is 4.98 Å². The highest BCUT2D eigenvalue weighted by molar-refractivity contribution is 5.95. The van der Waals surface area contributed by atoms with Crippen LogP contribution in [0.3, 0.4) is 0 Å². The van der Waals surface area contributed by atoms with Gasteiger partial charge in [0.05, 0.1) is 12.8 Å². The highest BCUT2D eigenvalue weighted by atomic mass is 35.5. The first kappa shape index (κ1) is 23.4. The van der Waals surface area contributed by atoms with Crippen molar-refractivity contribution in [3.63, 3.8) is 0 Å². The van der Waals surface area contributed by atoms with Crippen molar-refractivity contribution in [2.75, 3.05) is 13.2 Å². The van der Waals surface area contributed by atoms with E-state index in [1.165, 1.54) is 0 Å². The molecule has 166 valence electrons. The number of hydrogen-bond acceptors (Lipinski definition) is 6. The van der Waals surface area contributed by atoms with Crippen LogP contribution in [0.2, 0.25) is 0 Å². The molecular formula is C25H26ClN3O3. The van der Waals surface area contributed by atoms with Crippen molar-refractivity contribution in [2.24, 2.45) is 10.7 Å². The third-order valence-electron chi connectivity index (χ3n) is 5.21. The van der Waals surface area contributed by atoms with Crippen LogP contribution in [0, 0.1) is 0 Å². The SMILES string of the molecule is CC1(c2cccc(CC(=O)c3ccc(OCc4ccccc4)cn3)c2)COCC(N)=N1.Cl. The van der Waals surface area contributed by atoms with Crippen LogP contribution in [0.25, 0.3) is 0 Å². The Bertz CT molecular complexity index is 1090. The molecule has 0 radical (unpaired) electrons. The molecule has 1 unspecified atom stereocenters. The molecule has 0 saturated heterocycles. The van der Waals surface area contributed by atoms with Crippen LogP contribution in [-0.2, 0) is 23.3 Å². The topological polar surface area (TPSA) is 86.8 Å². The lowest BCUT2D eigenvalue weighted by Crippen LogP contribution is -2.37. The lowest BCUT2D eigenvalue weighted by atomic mass is 9.90. The third-order valence-corrected chi connectivity index (χ3v) is 5.21. The fourth-order valence-electron chi connectivity index (χ4n) is 3.55. The molecule has 1 atom stereocenters. The van der Waals surface area contributed by atoms with E-state index in [1.54, 1.807) is 18.3 Å². The Kier molecular flexibility index (Phi) is 7.62. The number of benzene rings is 2. The summed E-state index contributed by atoms with van der Waals surface area (Å²) in [6.07, 6.45) is 1.84. The summed E-state index contributed by atoms with van der Waals surface area (Å²) in [4.78, 5) is 21.6. The Hall–Kier alpha value is -3.22. The summed E-state index contributed by atoms with van der Waals surface area (Å²) in [6.45, 7) is 3.25. The number of nitrogens with two attached hydrogens (primary N) is 1. The maximum atomic E-state index is 12.7. The zero-order chi connectivity index (χ0) is 21.7. The molecular weight excluding hydrogens is 426 g/mol. The number of Topliss-reactive ketones (excluding diaryl/α,β-unsaturated/α-hetero) is 1. The van der Waals surface area contributed by atoms with Gasteiger partial charge in [-0.15, -0.1) is 12.4 Å². The molecule has 2 aromatic carbocycles. The van der Waals surface area contributed by atoms with Gasteiger partial charge in [0.25, 0.3) is 0 Å². The Morgan fingerprint density at radius 2 is 1.88 bits per heavy atom. The first-order chi connectivity index (χ1) is 15.0. The molecule has 0 spiro atoms. The van der Waals surface area contributed by atoms with Crippen LogP contribution in [-0.4, -0.2) is 29.8 Å². The van der Waals surface area contributed by atoms with E-state index in [-0.39, 0.29) is 24.6 Å². The zero-order valence-corrected chi connectivity index (χ0v) is 18.7. The summed E-state index contributed by atoms with van der Waals surface area (Å²) in [5.74, 6) is 1.05. The molecule has 7 heteroatoms. The number of aromatic nitrogens is 1. The number of rotatable bonds is 7. The molecule has 2 heterocycles. The second kappa shape index (κ2) is 10.4. The first-order valence-electron chi connectivity index (χ1n) is 10.2. The van der Waals surface area contributed by atoms with E-state index in [9.17, 15) is 4.79 Å². The highest BCUT2D eigenvalue weighted by Crippen LogP contribution is 2.29. The summed E-state index contributed by atoms with van der Waals surface area (Å²) in [5.41, 5.74) is 8.67. The van der Waals surface area contributed by atoms with Gasteiger partial charge in [0.1, 0.15) is 36.0 Å². The monoisotopic (exact) mass is 451 g/mol. The van der Waals surface area contributed by atoms with Crippen LogP contribution in [0.5, 0.6) is 5.75 Å². The van der Waals surface area contributed by atoms with Crippen molar-refractivity contribution in [3.8, 4) is 5.75 Å². The lowest BCUT2D eigenvalue weighted by Gasteiger charge is -2.30. The van der Waals surface area contributed by atoms with Crippen LogP contribution in [0.15, 0.2) is 77.9 Å². The standard InChI is InChI=1S/C25H25N3O3.ClH/c1-25(17-30-16-24(26)28-25)20-9-5-8-19(12-20)13-23(29)22-11-10-21(14-27-22)31-15-18-6-3-2-4-7-18;/h2-12,14H,13,15-17H2,1H3,(H2,26,28);1H. The maximum Gasteiger partial charge on any atom is 0.185 e. The van der Waals surface area contributed by atoms with Gasteiger partial charge in [0.15, 0.2) is 5.78 Å². The Labute approximate surface area is 193 Å². The normalized spacial score (nSPS) is 17.7. The number of carbonyl (C=O) groups is 1. The van der Waals surface area contributed by atoms with Crippen molar-refractivity contribution < 1.29 is 14.3 Å². The minimum absolute atomic E-state index is 0. The first-order valence-corrected chi connectivity index (χ1v) is 10.2. The van der Waals surface area contributed by atoms with Gasteiger partial charge in [-0.25, -0.2) is 4.98 Å². The fraction of sp³-hybridized carbons (Fsp3) is 0.240. The van der Waals surface area contributed by atoms with Gasteiger partial charge < -0.3 is 15.2 Å². The largest absolute Gasteiger partial charge is 0.487 e. The predicted molar refractivity (Wildman–Crippen MR) is 127 cm³/mol. The minimum atomic E-state index is -0.544. The van der Waals surface area contributed by atoms with Gasteiger partial charge in [0, 0.05) is 6.42 Å². The number of pyridine rings is 1. The third kappa shape index (κ3) is 5.72. The molecule has 0 saturated carbocycles. The fourth-order valence-corrected chi connectivity index (χ4v) is 3.55. The number of carbonyl (C=O) groups excluding carboxylic acids is 1. The van der Waals surface area contributed by atoms with E-state index < -0.39 is 5.54 Å². The Morgan fingerprint density at radius 3 is 2.59 bits per heavy atom. The van der Waals surface area contributed by atoms with E-state index in [4.69, 9.17) is 15.2 Å². The number of nitrogens with zero attached hydrogens (tertiary/aromatic N) is 2. The number of halogens is 1. The molecule has 0 aliphatic carbocycles. The molecule has 1 aliphatic rings. The van der Waals surface area contributed by atoms with Gasteiger partial charge in [-0.2, -0.15) is 0 Å². The summed E-state index contributed by atoms with van der Waals surface area (Å²) < 4.78 is 11.3. The van der Waals surface area contributed by atoms with Gasteiger partial charge in [-0.05, 0) is 35.7 Å². The molecule has 0 fully saturated rings. The van der Waals surface area contributed by atoms with Crippen molar-refractivity contribution in [2.45, 2.75) is 25.5 Å².